The summed E-state index contributed by atoms with van der Waals surface area (Å²) in [6.45, 7) is 9.84. The van der Waals surface area contributed by atoms with Crippen molar-refractivity contribution < 1.29 is 19.0 Å². The third-order valence-electron chi connectivity index (χ3n) is 6.28. The first-order valence-corrected chi connectivity index (χ1v) is 12.9. The number of para-hydroxylation sites is 1. The van der Waals surface area contributed by atoms with Crippen molar-refractivity contribution in [2.24, 2.45) is 0 Å². The highest BCUT2D eigenvalue weighted by Gasteiger charge is 2.22. The number of hydrogen-bond acceptors (Lipinski definition) is 7. The van der Waals surface area contributed by atoms with Crippen molar-refractivity contribution in [2.45, 2.75) is 27.2 Å². The third-order valence-corrected chi connectivity index (χ3v) is 6.65. The molecule has 202 valence electrons. The number of ether oxygens (including phenoxy) is 3. The maximum atomic E-state index is 12.0. The molecular weight excluding hydrogens is 516 g/mol. The zero-order valence-electron chi connectivity index (χ0n) is 22.6. The molecule has 39 heavy (non-hydrogen) atoms. The van der Waals surface area contributed by atoms with E-state index in [1.54, 1.807) is 26.5 Å². The van der Waals surface area contributed by atoms with Gasteiger partial charge in [0, 0.05) is 34.2 Å². The monoisotopic (exact) mass is 546 g/mol. The molecular formula is C30H31ClN4O4. The largest absolute Gasteiger partial charge is 0.496 e. The van der Waals surface area contributed by atoms with Gasteiger partial charge in [0.25, 0.3) is 0 Å². The minimum atomic E-state index is -0.301. The first kappa shape index (κ1) is 27.7. The van der Waals surface area contributed by atoms with Gasteiger partial charge in [-0.25, -0.2) is 9.97 Å². The first-order valence-electron chi connectivity index (χ1n) is 12.5. The Morgan fingerprint density at radius 2 is 1.90 bits per heavy atom. The van der Waals surface area contributed by atoms with Gasteiger partial charge in [0.1, 0.15) is 17.3 Å². The summed E-state index contributed by atoms with van der Waals surface area (Å²) in [7, 11) is 3.18. The van der Waals surface area contributed by atoms with Crippen molar-refractivity contribution in [3.8, 4) is 28.6 Å². The first-order chi connectivity index (χ1) is 18.8. The standard InChI is InChI=1S/C30H31ClN4O4/c1-7-19-23(37-5)15-24(38-6)28(31)27(19)22-13-18-16-32-25(14-20(18)30(34-22)39-9-3)35-29-17(4)11-10-12-21(29)33-26(36)8-2/h8,10-16H,2,7,9H2,1,3-6H3,(H,32,35)(H,33,36). The number of rotatable bonds is 10. The fourth-order valence-corrected chi connectivity index (χ4v) is 4.75. The lowest BCUT2D eigenvalue weighted by atomic mass is 9.98. The van der Waals surface area contributed by atoms with Gasteiger partial charge >= 0.3 is 0 Å². The van der Waals surface area contributed by atoms with E-state index in [1.807, 2.05) is 51.1 Å². The zero-order chi connectivity index (χ0) is 28.1. The number of hydrogen-bond donors (Lipinski definition) is 2. The van der Waals surface area contributed by atoms with Gasteiger partial charge in [0.15, 0.2) is 0 Å². The number of aromatic nitrogens is 2. The molecule has 0 saturated carbocycles. The van der Waals surface area contributed by atoms with E-state index in [9.17, 15) is 4.79 Å². The highest BCUT2D eigenvalue weighted by atomic mass is 35.5. The molecule has 0 spiro atoms. The number of anilines is 3. The fourth-order valence-electron chi connectivity index (χ4n) is 4.41. The molecule has 8 nitrogen and oxygen atoms in total. The van der Waals surface area contributed by atoms with E-state index in [1.165, 1.54) is 6.08 Å². The molecule has 0 saturated heterocycles. The molecule has 9 heteroatoms. The van der Waals surface area contributed by atoms with E-state index >= 15 is 0 Å². The number of methoxy groups -OCH3 is 2. The van der Waals surface area contributed by atoms with Crippen LogP contribution in [0.3, 0.4) is 0 Å². The molecule has 0 aliphatic heterocycles. The molecule has 0 fully saturated rings. The summed E-state index contributed by atoms with van der Waals surface area (Å²) < 4.78 is 17.1. The van der Waals surface area contributed by atoms with Gasteiger partial charge in [-0.05, 0) is 50.1 Å². The molecule has 2 heterocycles. The van der Waals surface area contributed by atoms with E-state index in [0.29, 0.717) is 52.6 Å². The summed E-state index contributed by atoms with van der Waals surface area (Å²) >= 11 is 6.81. The summed E-state index contributed by atoms with van der Waals surface area (Å²) in [6, 6.07) is 11.2. The number of fused-ring (bicyclic) bond motifs is 1. The lowest BCUT2D eigenvalue weighted by Gasteiger charge is -2.19. The Hall–Kier alpha value is -4.30. The van der Waals surface area contributed by atoms with Crippen LogP contribution in [0.15, 0.2) is 55.3 Å². The molecule has 0 unspecified atom stereocenters. The summed E-state index contributed by atoms with van der Waals surface area (Å²) in [5.41, 5.74) is 4.55. The van der Waals surface area contributed by atoms with Gasteiger partial charge < -0.3 is 24.8 Å². The Morgan fingerprint density at radius 3 is 2.56 bits per heavy atom. The van der Waals surface area contributed by atoms with Crippen LogP contribution in [0.5, 0.6) is 17.4 Å². The maximum Gasteiger partial charge on any atom is 0.247 e. The van der Waals surface area contributed by atoms with Crippen LogP contribution in [0.25, 0.3) is 22.0 Å². The van der Waals surface area contributed by atoms with E-state index in [-0.39, 0.29) is 5.91 Å². The second kappa shape index (κ2) is 12.0. The topological polar surface area (TPSA) is 94.6 Å². The van der Waals surface area contributed by atoms with Crippen LogP contribution in [-0.2, 0) is 11.2 Å². The highest BCUT2D eigenvalue weighted by Crippen LogP contribution is 2.44. The SMILES string of the molecule is C=CC(=O)Nc1cccc(C)c1Nc1cc2c(OCC)nc(-c3c(Cl)c(OC)cc(OC)c3CC)cc2cn1. The third kappa shape index (κ3) is 5.61. The number of aryl methyl sites for hydroxylation is 1. The Kier molecular flexibility index (Phi) is 8.56. The highest BCUT2D eigenvalue weighted by molar-refractivity contribution is 6.35. The molecule has 0 bridgehead atoms. The number of benzene rings is 2. The van der Waals surface area contributed by atoms with Crippen LogP contribution in [0, 0.1) is 6.92 Å². The lowest BCUT2D eigenvalue weighted by molar-refractivity contribution is -0.111. The number of carbonyl (C=O) groups excluding carboxylic acids is 1. The van der Waals surface area contributed by atoms with E-state index in [0.717, 1.165) is 33.2 Å². The average molecular weight is 547 g/mol. The predicted octanol–water partition coefficient (Wildman–Crippen LogP) is 7.11. The van der Waals surface area contributed by atoms with Gasteiger partial charge in [-0.3, -0.25) is 4.79 Å². The Labute approximate surface area is 233 Å². The zero-order valence-corrected chi connectivity index (χ0v) is 23.4. The molecule has 1 amide bonds. The normalized spacial score (nSPS) is 10.7. The van der Waals surface area contributed by atoms with E-state index in [4.69, 9.17) is 30.8 Å². The molecule has 0 aliphatic rings. The van der Waals surface area contributed by atoms with Crippen LogP contribution >= 0.6 is 11.6 Å². The molecule has 0 aliphatic carbocycles. The van der Waals surface area contributed by atoms with Crippen molar-refractivity contribution in [3.63, 3.8) is 0 Å². The predicted molar refractivity (Wildman–Crippen MR) is 157 cm³/mol. The van der Waals surface area contributed by atoms with Crippen LogP contribution in [0.1, 0.15) is 25.0 Å². The number of nitrogens with one attached hydrogen (secondary N) is 2. The van der Waals surface area contributed by atoms with Crippen LogP contribution in [-0.4, -0.2) is 36.7 Å². The second-order valence-corrected chi connectivity index (χ2v) is 9.03. The number of carbonyl (C=O) groups is 1. The van der Waals surface area contributed by atoms with Crippen molar-refractivity contribution in [1.29, 1.82) is 0 Å². The summed E-state index contributed by atoms with van der Waals surface area (Å²) in [5.74, 6) is 1.88. The fraction of sp³-hybridized carbons (Fsp3) is 0.233. The van der Waals surface area contributed by atoms with E-state index in [2.05, 4.69) is 22.2 Å². The molecule has 0 radical (unpaired) electrons. The van der Waals surface area contributed by atoms with Gasteiger partial charge in [-0.15, -0.1) is 0 Å². The number of halogens is 1. The van der Waals surface area contributed by atoms with Gasteiger partial charge in [-0.2, -0.15) is 0 Å². The maximum absolute atomic E-state index is 12.0. The van der Waals surface area contributed by atoms with Crippen LogP contribution in [0.4, 0.5) is 17.2 Å². The van der Waals surface area contributed by atoms with Crippen molar-refractivity contribution >= 4 is 45.5 Å². The summed E-state index contributed by atoms with van der Waals surface area (Å²) in [4.78, 5) is 21.5. The average Bonchev–Trinajstić information content (AvgIpc) is 2.94. The summed E-state index contributed by atoms with van der Waals surface area (Å²) in [5, 5.41) is 8.21. The Morgan fingerprint density at radius 1 is 1.13 bits per heavy atom. The minimum absolute atomic E-state index is 0.301. The lowest BCUT2D eigenvalue weighted by Crippen LogP contribution is -2.10. The molecule has 2 N–H and O–H groups in total. The van der Waals surface area contributed by atoms with E-state index < -0.39 is 0 Å². The van der Waals surface area contributed by atoms with Gasteiger partial charge in [0.2, 0.25) is 11.8 Å². The number of pyridine rings is 2. The van der Waals surface area contributed by atoms with Gasteiger partial charge in [0.05, 0.1) is 42.9 Å². The quantitative estimate of drug-likeness (QED) is 0.205. The molecule has 0 atom stereocenters. The van der Waals surface area contributed by atoms with Crippen LogP contribution < -0.4 is 24.8 Å². The smallest absolute Gasteiger partial charge is 0.247 e. The molecule has 2 aromatic carbocycles. The Balaban J connectivity index is 1.85. The molecule has 4 aromatic rings. The molecule has 4 rings (SSSR count). The van der Waals surface area contributed by atoms with Crippen molar-refractivity contribution in [2.75, 3.05) is 31.5 Å². The van der Waals surface area contributed by atoms with Crippen molar-refractivity contribution in [1.82, 2.24) is 9.97 Å². The second-order valence-electron chi connectivity index (χ2n) is 8.65. The van der Waals surface area contributed by atoms with Gasteiger partial charge in [-0.1, -0.05) is 37.2 Å². The summed E-state index contributed by atoms with van der Waals surface area (Å²) in [6.07, 6.45) is 3.66. The Bertz CT molecular complexity index is 1550. The number of amides is 1. The minimum Gasteiger partial charge on any atom is -0.496 e. The number of nitrogens with zero attached hydrogens (tertiary/aromatic N) is 2. The molecule has 2 aromatic heterocycles. The van der Waals surface area contributed by atoms with Crippen LogP contribution in [0.2, 0.25) is 5.02 Å². The van der Waals surface area contributed by atoms with Crippen molar-refractivity contribution in [3.05, 3.63) is 71.4 Å².